The molecule has 0 aromatic carbocycles. The van der Waals surface area contributed by atoms with Gasteiger partial charge in [-0.25, -0.2) is 0 Å². The van der Waals surface area contributed by atoms with E-state index < -0.39 is 59.7 Å². The molecule has 0 aliphatic rings. The molecule has 0 aliphatic carbocycles. The van der Waals surface area contributed by atoms with Crippen LogP contribution in [0.5, 0.6) is 0 Å². The van der Waals surface area contributed by atoms with Crippen LogP contribution in [0.3, 0.4) is 0 Å². The third-order valence-electron chi connectivity index (χ3n) is 3.47. The molecule has 33 heavy (non-hydrogen) atoms. The number of halogens is 22. The van der Waals surface area contributed by atoms with E-state index in [1.807, 2.05) is 0 Å². The molecule has 0 amide bonds. The summed E-state index contributed by atoms with van der Waals surface area (Å²) in [4.78, 5) is 0. The molecule has 0 unspecified atom stereocenters. The van der Waals surface area contributed by atoms with Crippen LogP contribution in [0.15, 0.2) is 0 Å². The quantitative estimate of drug-likeness (QED) is 0.330. The van der Waals surface area contributed by atoms with Crippen LogP contribution in [0.4, 0.5) is 96.6 Å². The summed E-state index contributed by atoms with van der Waals surface area (Å²) in [6.45, 7) is 0. The van der Waals surface area contributed by atoms with E-state index in [1.165, 1.54) is 0 Å². The standard InChI is InChI=1S/C10F22.Li.H/c11-1(12,3(15,16)5(19,20)7(23,24)9(27,28)29)2(13,14)4(17,18)6(21,22)8(25,26)10(30,31)32;;/q;+1;-1. The summed E-state index contributed by atoms with van der Waals surface area (Å²) in [5.74, 6) is -71.5. The average molecular weight is 546 g/mol. The van der Waals surface area contributed by atoms with Crippen LogP contribution >= 0.6 is 0 Å². The second-order valence-corrected chi connectivity index (χ2v) is 5.59. The molecule has 0 aromatic rings. The number of rotatable bonds is 7. The first kappa shape index (κ1) is 34.2. The Kier molecular flexibility index (Phi) is 8.34. The molecular weight excluding hydrogens is 545 g/mol. The Morgan fingerprint density at radius 3 is 0.394 bits per heavy atom. The first-order valence-corrected chi connectivity index (χ1v) is 6.41. The summed E-state index contributed by atoms with van der Waals surface area (Å²) in [6, 6.07) is 0. The predicted molar refractivity (Wildman–Crippen MR) is 52.8 cm³/mol. The predicted octanol–water partition coefficient (Wildman–Crippen LogP) is 4.31. The van der Waals surface area contributed by atoms with Gasteiger partial charge < -0.3 is 1.43 Å². The molecule has 0 aliphatic heterocycles. The summed E-state index contributed by atoms with van der Waals surface area (Å²) >= 11 is 0. The van der Waals surface area contributed by atoms with E-state index in [0.29, 0.717) is 0 Å². The zero-order chi connectivity index (χ0) is 27.0. The van der Waals surface area contributed by atoms with Crippen LogP contribution in [0.1, 0.15) is 1.43 Å². The van der Waals surface area contributed by atoms with Gasteiger partial charge in [-0.15, -0.1) is 0 Å². The molecule has 0 radical (unpaired) electrons. The van der Waals surface area contributed by atoms with E-state index in [4.69, 9.17) is 0 Å². The average Bonchev–Trinajstić information content (AvgIpc) is 2.51. The van der Waals surface area contributed by atoms with Gasteiger partial charge in [-0.05, 0) is 0 Å². The van der Waals surface area contributed by atoms with Crippen LogP contribution in [0.25, 0.3) is 0 Å². The van der Waals surface area contributed by atoms with Gasteiger partial charge in [0.2, 0.25) is 0 Å². The van der Waals surface area contributed by atoms with Gasteiger partial charge in [0.15, 0.2) is 0 Å². The Bertz CT molecular complexity index is 639. The summed E-state index contributed by atoms with van der Waals surface area (Å²) in [5, 5.41) is 0. The van der Waals surface area contributed by atoms with Gasteiger partial charge in [-0.3, -0.25) is 0 Å². The topological polar surface area (TPSA) is 0 Å². The smallest absolute Gasteiger partial charge is 1.00 e. The van der Waals surface area contributed by atoms with Gasteiger partial charge in [0.1, 0.15) is 0 Å². The van der Waals surface area contributed by atoms with Gasteiger partial charge in [0.25, 0.3) is 0 Å². The molecule has 196 valence electrons. The largest absolute Gasteiger partial charge is 1.00 e. The molecule has 0 bridgehead atoms. The second kappa shape index (κ2) is 8.04. The maximum Gasteiger partial charge on any atom is 1.00 e. The molecule has 23 heteroatoms. The molecule has 0 spiro atoms. The minimum Gasteiger partial charge on any atom is -1.00 e. The van der Waals surface area contributed by atoms with E-state index in [9.17, 15) is 96.6 Å². The fourth-order valence-electron chi connectivity index (χ4n) is 1.54. The van der Waals surface area contributed by atoms with Gasteiger partial charge in [-0.1, -0.05) is 0 Å². The molecule has 0 aromatic heterocycles. The Labute approximate surface area is 177 Å². The number of hydrogen-bond acceptors (Lipinski definition) is 0. The molecule has 0 heterocycles. The number of hydrogen-bond donors (Lipinski definition) is 0. The van der Waals surface area contributed by atoms with Crippen molar-refractivity contribution in [3.63, 3.8) is 0 Å². The van der Waals surface area contributed by atoms with Crippen molar-refractivity contribution in [2.75, 3.05) is 0 Å². The van der Waals surface area contributed by atoms with Gasteiger partial charge >= 0.3 is 78.6 Å². The van der Waals surface area contributed by atoms with Crippen molar-refractivity contribution < 1.29 is 117 Å². The Morgan fingerprint density at radius 2 is 0.303 bits per heavy atom. The van der Waals surface area contributed by atoms with Crippen LogP contribution in [0.2, 0.25) is 0 Å². The molecule has 0 fully saturated rings. The van der Waals surface area contributed by atoms with Crippen LogP contribution < -0.4 is 18.9 Å². The summed E-state index contributed by atoms with van der Waals surface area (Å²) in [5.41, 5.74) is 0. The monoisotopic (exact) mass is 546 g/mol. The van der Waals surface area contributed by atoms with Crippen LogP contribution in [-0.2, 0) is 0 Å². The minimum atomic E-state index is -9.24. The van der Waals surface area contributed by atoms with Crippen LogP contribution in [0, 0.1) is 0 Å². The van der Waals surface area contributed by atoms with E-state index in [0.717, 1.165) is 0 Å². The first-order chi connectivity index (χ1) is 13.2. The fraction of sp³-hybridized carbons (Fsp3) is 1.00. The van der Waals surface area contributed by atoms with Crippen molar-refractivity contribution in [3.8, 4) is 0 Å². The summed E-state index contributed by atoms with van der Waals surface area (Å²) in [6.07, 6.45) is -16.1. The van der Waals surface area contributed by atoms with Crippen molar-refractivity contribution in [1.82, 2.24) is 0 Å². The molecule has 0 N–H and O–H groups in total. The molecule has 0 saturated carbocycles. The zero-order valence-corrected chi connectivity index (χ0v) is 14.3. The van der Waals surface area contributed by atoms with Gasteiger partial charge in [0, 0.05) is 0 Å². The van der Waals surface area contributed by atoms with E-state index in [-0.39, 0.29) is 20.3 Å². The SMILES string of the molecule is FC(F)(F)C(F)(F)C(F)(F)C(F)(F)C(F)(F)C(F)(F)C(F)(F)C(F)(F)C(F)(F)C(F)(F)F.[H-].[Li+]. The van der Waals surface area contributed by atoms with Crippen molar-refractivity contribution in [1.29, 1.82) is 0 Å². The number of alkyl halides is 22. The first-order valence-electron chi connectivity index (χ1n) is 6.41. The Hall–Kier alpha value is -0.943. The minimum absolute atomic E-state index is 0. The second-order valence-electron chi connectivity index (χ2n) is 5.59. The van der Waals surface area contributed by atoms with Gasteiger partial charge in [-0.2, -0.15) is 96.6 Å². The van der Waals surface area contributed by atoms with E-state index in [2.05, 4.69) is 0 Å². The maximum atomic E-state index is 13.1. The van der Waals surface area contributed by atoms with E-state index >= 15 is 0 Å². The molecule has 0 atom stereocenters. The van der Waals surface area contributed by atoms with Crippen molar-refractivity contribution >= 4 is 0 Å². The fourth-order valence-corrected chi connectivity index (χ4v) is 1.54. The van der Waals surface area contributed by atoms with Crippen molar-refractivity contribution in [2.24, 2.45) is 0 Å². The summed E-state index contributed by atoms with van der Waals surface area (Å²) in [7, 11) is 0. The van der Waals surface area contributed by atoms with Crippen molar-refractivity contribution in [2.45, 2.75) is 59.7 Å². The Morgan fingerprint density at radius 1 is 0.212 bits per heavy atom. The third-order valence-corrected chi connectivity index (χ3v) is 3.47. The van der Waals surface area contributed by atoms with E-state index in [1.54, 1.807) is 0 Å². The van der Waals surface area contributed by atoms with Gasteiger partial charge in [0.05, 0.1) is 0 Å². The molecular formula is C10HF22Li. The molecule has 0 nitrogen and oxygen atoms in total. The van der Waals surface area contributed by atoms with Crippen molar-refractivity contribution in [3.05, 3.63) is 0 Å². The molecule has 0 saturated heterocycles. The summed E-state index contributed by atoms with van der Waals surface area (Å²) < 4.78 is 276. The molecule has 0 rings (SSSR count). The maximum absolute atomic E-state index is 13.1. The normalized spacial score (nSPS) is 16.5. The van der Waals surface area contributed by atoms with Crippen LogP contribution in [-0.4, -0.2) is 59.7 Å². The third kappa shape index (κ3) is 4.09. The zero-order valence-electron chi connectivity index (χ0n) is 15.3. The Balaban J connectivity index is -0.00000480.